The van der Waals surface area contributed by atoms with Crippen LogP contribution >= 0.6 is 0 Å². The van der Waals surface area contributed by atoms with E-state index in [2.05, 4.69) is 24.0 Å². The van der Waals surface area contributed by atoms with Gasteiger partial charge in [0.25, 0.3) is 0 Å². The first-order valence-electron chi connectivity index (χ1n) is 6.16. The molecule has 0 radical (unpaired) electrons. The monoisotopic (exact) mass is 244 g/mol. The zero-order valence-corrected chi connectivity index (χ0v) is 10.4. The Kier molecular flexibility index (Phi) is 4.05. The van der Waals surface area contributed by atoms with Crippen molar-refractivity contribution in [3.05, 3.63) is 65.2 Å². The van der Waals surface area contributed by atoms with Crippen molar-refractivity contribution in [2.24, 2.45) is 5.73 Å². The Hall–Kier alpha value is -1.74. The Labute approximate surface area is 107 Å². The predicted molar refractivity (Wildman–Crippen MR) is 70.7 cm³/mol. The minimum atomic E-state index is -0.343. The van der Waals surface area contributed by atoms with E-state index in [9.17, 15) is 4.39 Å². The van der Waals surface area contributed by atoms with E-state index in [0.717, 1.165) is 18.4 Å². The summed E-state index contributed by atoms with van der Waals surface area (Å²) in [5, 5.41) is 0. The van der Waals surface area contributed by atoms with Gasteiger partial charge in [-0.15, -0.1) is 0 Å². The van der Waals surface area contributed by atoms with E-state index in [1.807, 2.05) is 12.1 Å². The number of nitrogens with zero attached hydrogens (tertiary/aromatic N) is 1. The molecule has 0 spiro atoms. The van der Waals surface area contributed by atoms with Gasteiger partial charge in [-0.25, -0.2) is 4.39 Å². The van der Waals surface area contributed by atoms with Gasteiger partial charge in [0.15, 0.2) is 0 Å². The van der Waals surface area contributed by atoms with E-state index in [-0.39, 0.29) is 11.9 Å². The molecule has 0 aliphatic carbocycles. The molecule has 3 heteroatoms. The smallest absolute Gasteiger partial charge is 0.141 e. The predicted octanol–water partition coefficient (Wildman–Crippen LogP) is 3.22. The highest BCUT2D eigenvalue weighted by molar-refractivity contribution is 5.30. The summed E-state index contributed by atoms with van der Waals surface area (Å²) in [6.45, 7) is 2.15. The number of nitrogens with two attached hydrogens (primary N) is 1. The van der Waals surface area contributed by atoms with E-state index in [4.69, 9.17) is 5.73 Å². The van der Waals surface area contributed by atoms with Gasteiger partial charge in [-0.1, -0.05) is 37.6 Å². The molecule has 94 valence electrons. The summed E-state index contributed by atoms with van der Waals surface area (Å²) in [6.07, 6.45) is 3.40. The molecule has 0 aliphatic rings. The lowest BCUT2D eigenvalue weighted by Gasteiger charge is -2.12. The molecule has 1 heterocycles. The second-order valence-corrected chi connectivity index (χ2v) is 4.37. The van der Waals surface area contributed by atoms with Gasteiger partial charge in [0.05, 0.1) is 17.9 Å². The molecule has 2 nitrogen and oxygen atoms in total. The number of hydrogen-bond acceptors (Lipinski definition) is 2. The fourth-order valence-electron chi connectivity index (χ4n) is 1.92. The van der Waals surface area contributed by atoms with Crippen molar-refractivity contribution in [1.82, 2.24) is 4.98 Å². The summed E-state index contributed by atoms with van der Waals surface area (Å²) in [4.78, 5) is 4.01. The average Bonchev–Trinajstić information content (AvgIpc) is 2.40. The van der Waals surface area contributed by atoms with Crippen LogP contribution in [0.25, 0.3) is 0 Å². The summed E-state index contributed by atoms with van der Waals surface area (Å²) < 4.78 is 12.8. The molecule has 0 saturated heterocycles. The molecule has 1 atom stereocenters. The highest BCUT2D eigenvalue weighted by Gasteiger charge is 2.10. The van der Waals surface area contributed by atoms with Crippen molar-refractivity contribution in [3.8, 4) is 0 Å². The Morgan fingerprint density at radius 1 is 1.17 bits per heavy atom. The lowest BCUT2D eigenvalue weighted by atomic mass is 10.0. The van der Waals surface area contributed by atoms with Crippen LogP contribution in [0.15, 0.2) is 42.6 Å². The summed E-state index contributed by atoms with van der Waals surface area (Å²) >= 11 is 0. The lowest BCUT2D eigenvalue weighted by Crippen LogP contribution is -2.13. The number of aromatic nitrogens is 1. The summed E-state index contributed by atoms with van der Waals surface area (Å²) in [5.74, 6) is -0.343. The van der Waals surface area contributed by atoms with Crippen molar-refractivity contribution in [2.45, 2.75) is 25.8 Å². The van der Waals surface area contributed by atoms with Gasteiger partial charge in [0.1, 0.15) is 5.82 Å². The zero-order valence-electron chi connectivity index (χ0n) is 10.4. The van der Waals surface area contributed by atoms with Gasteiger partial charge < -0.3 is 5.73 Å². The largest absolute Gasteiger partial charge is 0.319 e. The molecule has 18 heavy (non-hydrogen) atoms. The molecule has 2 aromatic rings. The molecule has 0 fully saturated rings. The first-order chi connectivity index (χ1) is 8.70. The minimum absolute atomic E-state index is 0.304. The summed E-state index contributed by atoms with van der Waals surface area (Å²) in [5.41, 5.74) is 9.09. The van der Waals surface area contributed by atoms with Gasteiger partial charge in [-0.2, -0.15) is 0 Å². The number of aryl methyl sites for hydroxylation is 1. The maximum absolute atomic E-state index is 12.8. The van der Waals surface area contributed by atoms with Gasteiger partial charge in [0, 0.05) is 0 Å². The maximum atomic E-state index is 12.8. The topological polar surface area (TPSA) is 38.9 Å². The average molecular weight is 244 g/mol. The van der Waals surface area contributed by atoms with Crippen LogP contribution in [-0.2, 0) is 6.42 Å². The van der Waals surface area contributed by atoms with E-state index >= 15 is 0 Å². The standard InChI is InChI=1S/C15H17FN2/c1-2-3-11-4-6-12(7-5-11)15(17)14-9-8-13(16)10-18-14/h4-10,15H,2-3,17H2,1H3. The van der Waals surface area contributed by atoms with E-state index < -0.39 is 0 Å². The first-order valence-corrected chi connectivity index (χ1v) is 6.16. The van der Waals surface area contributed by atoms with Crippen molar-refractivity contribution in [1.29, 1.82) is 0 Å². The summed E-state index contributed by atoms with van der Waals surface area (Å²) in [6, 6.07) is 10.9. The van der Waals surface area contributed by atoms with Crippen molar-refractivity contribution in [3.63, 3.8) is 0 Å². The third-order valence-electron chi connectivity index (χ3n) is 2.95. The van der Waals surface area contributed by atoms with Gasteiger partial charge in [-0.3, -0.25) is 4.98 Å². The van der Waals surface area contributed by atoms with E-state index in [1.54, 1.807) is 6.07 Å². The number of benzene rings is 1. The number of rotatable bonds is 4. The molecule has 1 aromatic carbocycles. The first kappa shape index (κ1) is 12.7. The molecule has 0 bridgehead atoms. The number of hydrogen-bond donors (Lipinski definition) is 1. The van der Waals surface area contributed by atoms with Gasteiger partial charge in [0.2, 0.25) is 0 Å². The zero-order chi connectivity index (χ0) is 13.0. The molecular formula is C15H17FN2. The Morgan fingerprint density at radius 3 is 2.44 bits per heavy atom. The van der Waals surface area contributed by atoms with Crippen LogP contribution in [0.2, 0.25) is 0 Å². The molecule has 2 N–H and O–H groups in total. The maximum Gasteiger partial charge on any atom is 0.141 e. The van der Waals surface area contributed by atoms with Crippen LogP contribution in [0.5, 0.6) is 0 Å². The molecule has 2 rings (SSSR count). The third kappa shape index (κ3) is 2.93. The molecule has 0 saturated carbocycles. The highest BCUT2D eigenvalue weighted by Crippen LogP contribution is 2.18. The number of halogens is 1. The van der Waals surface area contributed by atoms with Gasteiger partial charge in [-0.05, 0) is 29.7 Å². The fraction of sp³-hybridized carbons (Fsp3) is 0.267. The van der Waals surface area contributed by atoms with Crippen molar-refractivity contribution >= 4 is 0 Å². The van der Waals surface area contributed by atoms with E-state index in [0.29, 0.717) is 5.69 Å². The van der Waals surface area contributed by atoms with Gasteiger partial charge >= 0.3 is 0 Å². The molecular weight excluding hydrogens is 227 g/mol. The Balaban J connectivity index is 2.17. The SMILES string of the molecule is CCCc1ccc(C(N)c2ccc(F)cn2)cc1. The third-order valence-corrected chi connectivity index (χ3v) is 2.95. The quantitative estimate of drug-likeness (QED) is 0.896. The van der Waals surface area contributed by atoms with Crippen molar-refractivity contribution < 1.29 is 4.39 Å². The molecule has 0 amide bonds. The van der Waals surface area contributed by atoms with Crippen LogP contribution in [0.3, 0.4) is 0 Å². The minimum Gasteiger partial charge on any atom is -0.319 e. The van der Waals surface area contributed by atoms with Crippen molar-refractivity contribution in [2.75, 3.05) is 0 Å². The fourth-order valence-corrected chi connectivity index (χ4v) is 1.92. The summed E-state index contributed by atoms with van der Waals surface area (Å²) in [7, 11) is 0. The second-order valence-electron chi connectivity index (χ2n) is 4.37. The van der Waals surface area contributed by atoms with Crippen LogP contribution in [0.4, 0.5) is 4.39 Å². The Morgan fingerprint density at radius 2 is 1.89 bits per heavy atom. The van der Waals surface area contributed by atoms with Crippen LogP contribution in [-0.4, -0.2) is 4.98 Å². The molecule has 1 unspecified atom stereocenters. The molecule has 1 aromatic heterocycles. The number of pyridine rings is 1. The van der Waals surface area contributed by atoms with Crippen LogP contribution < -0.4 is 5.73 Å². The second kappa shape index (κ2) is 5.74. The van der Waals surface area contributed by atoms with E-state index in [1.165, 1.54) is 17.8 Å². The van der Waals surface area contributed by atoms with Crippen LogP contribution in [0, 0.1) is 5.82 Å². The lowest BCUT2D eigenvalue weighted by molar-refractivity contribution is 0.617. The highest BCUT2D eigenvalue weighted by atomic mass is 19.1. The Bertz CT molecular complexity index is 491. The molecule has 0 aliphatic heterocycles. The van der Waals surface area contributed by atoms with Crippen LogP contribution in [0.1, 0.15) is 36.2 Å². The normalized spacial score (nSPS) is 12.4.